The molecule has 3 aromatic heterocycles. The van der Waals surface area contributed by atoms with E-state index < -0.39 is 0 Å². The highest BCUT2D eigenvalue weighted by atomic mass is 79.9. The van der Waals surface area contributed by atoms with Crippen LogP contribution in [-0.4, -0.2) is 37.7 Å². The van der Waals surface area contributed by atoms with Crippen molar-refractivity contribution in [1.29, 1.82) is 0 Å². The number of aromatic hydroxyl groups is 1. The van der Waals surface area contributed by atoms with Gasteiger partial charge in [-0.2, -0.15) is 9.50 Å². The normalized spacial score (nSPS) is 16.6. The topological polar surface area (TPSA) is 66.8 Å². The number of benzene rings is 1. The van der Waals surface area contributed by atoms with Gasteiger partial charge in [-0.05, 0) is 55.8 Å². The molecule has 0 saturated carbocycles. The van der Waals surface area contributed by atoms with Crippen LogP contribution in [0.4, 0.5) is 0 Å². The molecule has 1 aliphatic rings. The zero-order chi connectivity index (χ0) is 19.1. The summed E-state index contributed by atoms with van der Waals surface area (Å²) in [6.45, 7) is 2.04. The third kappa shape index (κ3) is 3.15. The number of hydrogen-bond acceptors (Lipinski definition) is 6. The number of likely N-dealkylation sites (tertiary alicyclic amines) is 1. The first kappa shape index (κ1) is 17.9. The average molecular weight is 459 g/mol. The molecule has 0 bridgehead atoms. The van der Waals surface area contributed by atoms with Crippen LogP contribution in [-0.2, 0) is 0 Å². The SMILES string of the molecule is Oc1c(C(c2ccc(Br)cc2)N2CCCCC2)sc2nc(-c3ccco3)nn12. The van der Waals surface area contributed by atoms with Crippen LogP contribution in [0, 0.1) is 0 Å². The fourth-order valence-corrected chi connectivity index (χ4v) is 5.17. The van der Waals surface area contributed by atoms with E-state index in [4.69, 9.17) is 4.42 Å². The molecule has 1 saturated heterocycles. The largest absolute Gasteiger partial charge is 0.492 e. The van der Waals surface area contributed by atoms with Gasteiger partial charge in [-0.25, -0.2) is 0 Å². The molecule has 1 unspecified atom stereocenters. The predicted octanol–water partition coefficient (Wildman–Crippen LogP) is 5.09. The summed E-state index contributed by atoms with van der Waals surface area (Å²) < 4.78 is 7.95. The first-order valence-electron chi connectivity index (χ1n) is 9.32. The number of nitrogens with zero attached hydrogens (tertiary/aromatic N) is 4. The van der Waals surface area contributed by atoms with Gasteiger partial charge in [-0.15, -0.1) is 5.10 Å². The summed E-state index contributed by atoms with van der Waals surface area (Å²) in [7, 11) is 0. The molecule has 0 spiro atoms. The highest BCUT2D eigenvalue weighted by Gasteiger charge is 2.30. The first-order valence-corrected chi connectivity index (χ1v) is 10.9. The van der Waals surface area contributed by atoms with Crippen LogP contribution in [0.2, 0.25) is 0 Å². The highest BCUT2D eigenvalue weighted by molar-refractivity contribution is 9.10. The molecule has 4 aromatic rings. The quantitative estimate of drug-likeness (QED) is 0.460. The van der Waals surface area contributed by atoms with Crippen molar-refractivity contribution < 1.29 is 9.52 Å². The summed E-state index contributed by atoms with van der Waals surface area (Å²) in [5.41, 5.74) is 1.16. The number of thiazole rings is 1. The molecule has 4 heterocycles. The summed E-state index contributed by atoms with van der Waals surface area (Å²) >= 11 is 5.00. The fraction of sp³-hybridized carbons (Fsp3) is 0.300. The molecule has 6 nitrogen and oxygen atoms in total. The van der Waals surface area contributed by atoms with E-state index in [0.717, 1.165) is 28.0 Å². The predicted molar refractivity (Wildman–Crippen MR) is 112 cm³/mol. The number of halogens is 1. The third-order valence-electron chi connectivity index (χ3n) is 5.13. The Morgan fingerprint density at radius 2 is 1.89 bits per heavy atom. The standard InChI is InChI=1S/C20H19BrN4O2S/c21-14-8-6-13(7-9-14)16(24-10-2-1-3-11-24)17-19(26)25-20(28-17)22-18(23-25)15-5-4-12-27-15/h4-9,12,16,26H,1-3,10-11H2. The molecule has 28 heavy (non-hydrogen) atoms. The lowest BCUT2D eigenvalue weighted by Gasteiger charge is -2.34. The maximum Gasteiger partial charge on any atom is 0.230 e. The Balaban J connectivity index is 1.59. The van der Waals surface area contributed by atoms with Crippen LogP contribution in [0.5, 0.6) is 5.88 Å². The van der Waals surface area contributed by atoms with Gasteiger partial charge in [0.1, 0.15) is 0 Å². The molecule has 1 N–H and O–H groups in total. The van der Waals surface area contributed by atoms with Crippen molar-refractivity contribution in [2.45, 2.75) is 25.3 Å². The van der Waals surface area contributed by atoms with E-state index in [2.05, 4.69) is 55.2 Å². The molecule has 144 valence electrons. The van der Waals surface area contributed by atoms with Crippen LogP contribution < -0.4 is 0 Å². The van der Waals surface area contributed by atoms with Crippen molar-refractivity contribution in [1.82, 2.24) is 19.5 Å². The maximum absolute atomic E-state index is 11.0. The van der Waals surface area contributed by atoms with E-state index in [1.165, 1.54) is 35.1 Å². The summed E-state index contributed by atoms with van der Waals surface area (Å²) in [5.74, 6) is 1.23. The molecule has 0 amide bonds. The van der Waals surface area contributed by atoms with E-state index in [0.29, 0.717) is 16.5 Å². The minimum atomic E-state index is -0.00559. The van der Waals surface area contributed by atoms with Gasteiger partial charge in [0.05, 0.1) is 17.2 Å². The van der Waals surface area contributed by atoms with Gasteiger partial charge in [-0.3, -0.25) is 4.90 Å². The molecular formula is C20H19BrN4O2S. The molecule has 1 aromatic carbocycles. The second kappa shape index (κ2) is 7.35. The maximum atomic E-state index is 11.0. The lowest BCUT2D eigenvalue weighted by Crippen LogP contribution is -2.34. The first-order chi connectivity index (χ1) is 13.7. The Kier molecular flexibility index (Phi) is 4.70. The summed E-state index contributed by atoms with van der Waals surface area (Å²) in [5, 5.41) is 15.5. The van der Waals surface area contributed by atoms with Crippen LogP contribution in [0.1, 0.15) is 35.7 Å². The van der Waals surface area contributed by atoms with Crippen LogP contribution in [0.15, 0.2) is 51.6 Å². The van der Waals surface area contributed by atoms with Crippen molar-refractivity contribution in [3.8, 4) is 17.5 Å². The Bertz CT molecular complexity index is 1080. The second-order valence-electron chi connectivity index (χ2n) is 6.95. The number of rotatable bonds is 4. The zero-order valence-corrected chi connectivity index (χ0v) is 17.5. The highest BCUT2D eigenvalue weighted by Crippen LogP contribution is 2.41. The van der Waals surface area contributed by atoms with Gasteiger partial charge in [0, 0.05) is 4.47 Å². The van der Waals surface area contributed by atoms with E-state index >= 15 is 0 Å². The molecule has 1 atom stereocenters. The van der Waals surface area contributed by atoms with Gasteiger partial charge in [0.2, 0.25) is 16.7 Å². The van der Waals surface area contributed by atoms with Crippen LogP contribution in [0.25, 0.3) is 16.5 Å². The number of hydrogen-bond donors (Lipinski definition) is 1. The minimum Gasteiger partial charge on any atom is -0.492 e. The summed E-state index contributed by atoms with van der Waals surface area (Å²) in [4.78, 5) is 8.56. The molecular weight excluding hydrogens is 440 g/mol. The van der Waals surface area contributed by atoms with Crippen molar-refractivity contribution >= 4 is 32.2 Å². The van der Waals surface area contributed by atoms with Gasteiger partial charge in [0.25, 0.3) is 0 Å². The third-order valence-corrected chi connectivity index (χ3v) is 6.73. The fourth-order valence-electron chi connectivity index (χ4n) is 3.79. The minimum absolute atomic E-state index is 0.00559. The number of furan rings is 1. The average Bonchev–Trinajstić information content (AvgIpc) is 3.43. The number of aromatic nitrogens is 3. The lowest BCUT2D eigenvalue weighted by atomic mass is 10.0. The molecule has 0 aliphatic carbocycles. The van der Waals surface area contributed by atoms with E-state index in [9.17, 15) is 5.11 Å². The molecule has 0 radical (unpaired) electrons. The Morgan fingerprint density at radius 3 is 2.57 bits per heavy atom. The summed E-state index contributed by atoms with van der Waals surface area (Å²) in [6.07, 6.45) is 5.21. The Hall–Kier alpha value is -2.16. The Labute approximate surface area is 174 Å². The molecule has 1 aliphatic heterocycles. The van der Waals surface area contributed by atoms with Crippen molar-refractivity contribution in [3.63, 3.8) is 0 Å². The molecule has 1 fully saturated rings. The van der Waals surface area contributed by atoms with Gasteiger partial charge in [0.15, 0.2) is 5.76 Å². The molecule has 5 rings (SSSR count). The second-order valence-corrected chi connectivity index (χ2v) is 8.87. The van der Waals surface area contributed by atoms with Gasteiger partial charge < -0.3 is 9.52 Å². The van der Waals surface area contributed by atoms with Crippen molar-refractivity contribution in [2.24, 2.45) is 0 Å². The van der Waals surface area contributed by atoms with Gasteiger partial charge >= 0.3 is 0 Å². The summed E-state index contributed by atoms with van der Waals surface area (Å²) in [6, 6.07) is 11.9. The molecule has 8 heteroatoms. The van der Waals surface area contributed by atoms with Crippen LogP contribution in [0.3, 0.4) is 0 Å². The van der Waals surface area contributed by atoms with E-state index in [1.54, 1.807) is 12.3 Å². The van der Waals surface area contributed by atoms with Crippen molar-refractivity contribution in [2.75, 3.05) is 13.1 Å². The van der Waals surface area contributed by atoms with Gasteiger partial charge in [-0.1, -0.05) is 45.8 Å². The number of piperidine rings is 1. The Morgan fingerprint density at radius 1 is 1.11 bits per heavy atom. The van der Waals surface area contributed by atoms with E-state index in [1.807, 2.05) is 6.07 Å². The monoisotopic (exact) mass is 458 g/mol. The lowest BCUT2D eigenvalue weighted by molar-refractivity contribution is 0.186. The zero-order valence-electron chi connectivity index (χ0n) is 15.1. The van der Waals surface area contributed by atoms with E-state index in [-0.39, 0.29) is 11.9 Å². The van der Waals surface area contributed by atoms with Crippen LogP contribution >= 0.6 is 27.3 Å². The smallest absolute Gasteiger partial charge is 0.230 e. The number of fused-ring (bicyclic) bond motifs is 1. The van der Waals surface area contributed by atoms with Crippen molar-refractivity contribution in [3.05, 3.63) is 57.6 Å².